The number of benzene rings is 1. The summed E-state index contributed by atoms with van der Waals surface area (Å²) in [5.74, 6) is -1.55. The van der Waals surface area contributed by atoms with Crippen LogP contribution < -0.4 is 10.1 Å². The molecule has 0 bridgehead atoms. The Kier molecular flexibility index (Phi) is 6.01. The highest BCUT2D eigenvalue weighted by molar-refractivity contribution is 5.78. The second-order valence-electron chi connectivity index (χ2n) is 3.96. The summed E-state index contributed by atoms with van der Waals surface area (Å²) in [6.07, 6.45) is -4.58. The Morgan fingerprint density at radius 1 is 1.24 bits per heavy atom. The van der Waals surface area contributed by atoms with Crippen LogP contribution in [0.1, 0.15) is 12.0 Å². The number of hydrogen-bond donors (Lipinski definition) is 1. The molecule has 5 nitrogen and oxygen atoms in total. The van der Waals surface area contributed by atoms with E-state index in [4.69, 9.17) is 4.74 Å². The summed E-state index contributed by atoms with van der Waals surface area (Å²) in [6, 6.07) is 4.60. The van der Waals surface area contributed by atoms with Crippen LogP contribution in [0.5, 0.6) is 5.75 Å². The molecule has 1 rings (SSSR count). The Hall–Kier alpha value is -2.25. The average Bonchev–Trinajstić information content (AvgIpc) is 2.44. The van der Waals surface area contributed by atoms with Crippen molar-refractivity contribution >= 4 is 11.9 Å². The highest BCUT2D eigenvalue weighted by atomic mass is 19.4. The topological polar surface area (TPSA) is 64.6 Å². The van der Waals surface area contributed by atoms with Crippen molar-refractivity contribution in [2.24, 2.45) is 0 Å². The Labute approximate surface area is 119 Å². The maximum atomic E-state index is 12.7. The molecule has 0 unspecified atom stereocenters. The molecule has 1 N–H and O–H groups in total. The lowest BCUT2D eigenvalue weighted by Gasteiger charge is -2.13. The number of rotatable bonds is 6. The number of carbonyl (C=O) groups is 2. The third-order valence-corrected chi connectivity index (χ3v) is 2.43. The highest BCUT2D eigenvalue weighted by Crippen LogP contribution is 2.35. The average molecular weight is 305 g/mol. The number of ether oxygens (including phenoxy) is 2. The lowest BCUT2D eigenvalue weighted by atomic mass is 10.2. The Morgan fingerprint density at radius 2 is 1.90 bits per heavy atom. The monoisotopic (exact) mass is 305 g/mol. The Morgan fingerprint density at radius 3 is 2.52 bits per heavy atom. The normalized spacial score (nSPS) is 10.9. The van der Waals surface area contributed by atoms with Crippen LogP contribution in [0.15, 0.2) is 24.3 Å². The molecule has 0 spiro atoms. The van der Waals surface area contributed by atoms with E-state index in [0.717, 1.165) is 12.1 Å². The fourth-order valence-electron chi connectivity index (χ4n) is 1.43. The summed E-state index contributed by atoms with van der Waals surface area (Å²) in [5, 5.41) is 2.33. The molecular weight excluding hydrogens is 291 g/mol. The summed E-state index contributed by atoms with van der Waals surface area (Å²) in [7, 11) is 1.21. The van der Waals surface area contributed by atoms with Gasteiger partial charge < -0.3 is 14.8 Å². The number of hydrogen-bond acceptors (Lipinski definition) is 4. The SMILES string of the molecule is COC(=O)CCNC(=O)COc1ccccc1C(F)(F)F. The molecule has 0 fully saturated rings. The summed E-state index contributed by atoms with van der Waals surface area (Å²) in [6.45, 7) is -0.552. The van der Waals surface area contributed by atoms with Crippen LogP contribution in [0.25, 0.3) is 0 Å². The van der Waals surface area contributed by atoms with Gasteiger partial charge in [-0.05, 0) is 12.1 Å². The molecule has 0 aliphatic heterocycles. The zero-order chi connectivity index (χ0) is 15.9. The van der Waals surface area contributed by atoms with Gasteiger partial charge in [0, 0.05) is 6.54 Å². The first-order valence-electron chi connectivity index (χ1n) is 5.97. The number of alkyl halides is 3. The van der Waals surface area contributed by atoms with Crippen molar-refractivity contribution in [3.63, 3.8) is 0 Å². The Bertz CT molecular complexity index is 502. The van der Waals surface area contributed by atoms with Crippen LogP contribution in [0.3, 0.4) is 0 Å². The quantitative estimate of drug-likeness (QED) is 0.814. The molecule has 0 heterocycles. The van der Waals surface area contributed by atoms with E-state index in [9.17, 15) is 22.8 Å². The largest absolute Gasteiger partial charge is 0.483 e. The summed E-state index contributed by atoms with van der Waals surface area (Å²) in [5.41, 5.74) is -0.952. The van der Waals surface area contributed by atoms with Crippen LogP contribution in [-0.2, 0) is 20.5 Å². The van der Waals surface area contributed by atoms with Gasteiger partial charge in [0.1, 0.15) is 5.75 Å². The molecule has 0 radical (unpaired) electrons. The van der Waals surface area contributed by atoms with E-state index in [1.54, 1.807) is 0 Å². The van der Waals surface area contributed by atoms with Gasteiger partial charge >= 0.3 is 12.1 Å². The minimum Gasteiger partial charge on any atom is -0.483 e. The fourth-order valence-corrected chi connectivity index (χ4v) is 1.43. The number of esters is 1. The first-order valence-corrected chi connectivity index (χ1v) is 5.97. The fraction of sp³-hybridized carbons (Fsp3) is 0.385. The minimum atomic E-state index is -4.56. The van der Waals surface area contributed by atoms with E-state index in [-0.39, 0.29) is 13.0 Å². The smallest absolute Gasteiger partial charge is 0.419 e. The second kappa shape index (κ2) is 7.51. The maximum Gasteiger partial charge on any atom is 0.419 e. The first kappa shape index (κ1) is 16.8. The zero-order valence-electron chi connectivity index (χ0n) is 11.2. The van der Waals surface area contributed by atoms with Crippen LogP contribution in [0.4, 0.5) is 13.2 Å². The first-order chi connectivity index (χ1) is 9.84. The predicted molar refractivity (Wildman–Crippen MR) is 66.6 cm³/mol. The van der Waals surface area contributed by atoms with Gasteiger partial charge in [0.05, 0.1) is 19.1 Å². The molecule has 0 aromatic heterocycles. The number of methoxy groups -OCH3 is 1. The van der Waals surface area contributed by atoms with Gasteiger partial charge in [-0.15, -0.1) is 0 Å². The van der Waals surface area contributed by atoms with Crippen LogP contribution in [-0.4, -0.2) is 32.1 Å². The van der Waals surface area contributed by atoms with Gasteiger partial charge in [-0.1, -0.05) is 12.1 Å². The van der Waals surface area contributed by atoms with E-state index in [1.165, 1.54) is 19.2 Å². The van der Waals surface area contributed by atoms with E-state index in [1.807, 2.05) is 0 Å². The molecule has 0 saturated heterocycles. The number of amides is 1. The molecule has 0 aliphatic rings. The molecule has 116 valence electrons. The van der Waals surface area contributed by atoms with Crippen LogP contribution in [0, 0.1) is 0 Å². The highest BCUT2D eigenvalue weighted by Gasteiger charge is 2.34. The molecular formula is C13H14F3NO4. The van der Waals surface area contributed by atoms with Crippen molar-refractivity contribution in [3.05, 3.63) is 29.8 Å². The van der Waals surface area contributed by atoms with E-state index >= 15 is 0 Å². The van der Waals surface area contributed by atoms with Gasteiger partial charge in [0.25, 0.3) is 5.91 Å². The number of nitrogens with one attached hydrogen (secondary N) is 1. The third-order valence-electron chi connectivity index (χ3n) is 2.43. The third kappa shape index (κ3) is 5.72. The van der Waals surface area contributed by atoms with Crippen molar-refractivity contribution < 1.29 is 32.2 Å². The number of para-hydroxylation sites is 1. The van der Waals surface area contributed by atoms with E-state index < -0.39 is 36.0 Å². The van der Waals surface area contributed by atoms with Crippen LogP contribution in [0.2, 0.25) is 0 Å². The lowest BCUT2D eigenvalue weighted by molar-refractivity contribution is -0.141. The maximum absolute atomic E-state index is 12.7. The van der Waals surface area contributed by atoms with E-state index in [0.29, 0.717) is 0 Å². The summed E-state index contributed by atoms with van der Waals surface area (Å²) < 4.78 is 47.2. The van der Waals surface area contributed by atoms with Crippen molar-refractivity contribution in [3.8, 4) is 5.75 Å². The summed E-state index contributed by atoms with van der Waals surface area (Å²) >= 11 is 0. The molecule has 0 atom stereocenters. The van der Waals surface area contributed by atoms with Gasteiger partial charge in [-0.2, -0.15) is 13.2 Å². The molecule has 0 saturated carbocycles. The van der Waals surface area contributed by atoms with Crippen molar-refractivity contribution in [2.75, 3.05) is 20.3 Å². The molecule has 1 aromatic carbocycles. The zero-order valence-corrected chi connectivity index (χ0v) is 11.2. The van der Waals surface area contributed by atoms with Gasteiger partial charge in [0.15, 0.2) is 6.61 Å². The number of halogens is 3. The summed E-state index contributed by atoms with van der Waals surface area (Å²) in [4.78, 5) is 22.2. The number of carbonyl (C=O) groups excluding carboxylic acids is 2. The molecule has 21 heavy (non-hydrogen) atoms. The second-order valence-corrected chi connectivity index (χ2v) is 3.96. The molecule has 1 amide bonds. The lowest BCUT2D eigenvalue weighted by Crippen LogP contribution is -2.31. The molecule has 8 heteroatoms. The van der Waals surface area contributed by atoms with Crippen molar-refractivity contribution in [2.45, 2.75) is 12.6 Å². The van der Waals surface area contributed by atoms with Crippen molar-refractivity contribution in [1.29, 1.82) is 0 Å². The molecule has 1 aromatic rings. The van der Waals surface area contributed by atoms with Gasteiger partial charge in [0.2, 0.25) is 0 Å². The Balaban J connectivity index is 2.49. The minimum absolute atomic E-state index is 0.0236. The molecule has 0 aliphatic carbocycles. The van der Waals surface area contributed by atoms with Gasteiger partial charge in [-0.25, -0.2) is 0 Å². The van der Waals surface area contributed by atoms with E-state index in [2.05, 4.69) is 10.1 Å². The predicted octanol–water partition coefficient (Wildman–Crippen LogP) is 1.76. The standard InChI is InChI=1S/C13H14F3NO4/c1-20-12(19)6-7-17-11(18)8-21-10-5-3-2-4-9(10)13(14,15)16/h2-5H,6-8H2,1H3,(H,17,18). The van der Waals surface area contributed by atoms with Crippen molar-refractivity contribution in [1.82, 2.24) is 5.32 Å². The van der Waals surface area contributed by atoms with Gasteiger partial charge in [-0.3, -0.25) is 9.59 Å². The van der Waals surface area contributed by atoms with Crippen LogP contribution >= 0.6 is 0 Å².